The summed E-state index contributed by atoms with van der Waals surface area (Å²) in [7, 11) is 0. The number of halogens is 2. The van der Waals surface area contributed by atoms with Gasteiger partial charge in [-0.2, -0.15) is 0 Å². The Morgan fingerprint density at radius 2 is 1.84 bits per heavy atom. The van der Waals surface area contributed by atoms with Gasteiger partial charge in [0.25, 0.3) is 5.91 Å². The number of aliphatic hydroxyl groups is 1. The van der Waals surface area contributed by atoms with Gasteiger partial charge in [0.2, 0.25) is 5.92 Å². The van der Waals surface area contributed by atoms with Crippen LogP contribution in [0.2, 0.25) is 0 Å². The summed E-state index contributed by atoms with van der Waals surface area (Å²) in [5.41, 5.74) is 7.13. The van der Waals surface area contributed by atoms with Gasteiger partial charge in [-0.05, 0) is 37.0 Å². The highest BCUT2D eigenvalue weighted by molar-refractivity contribution is 5.82. The highest BCUT2D eigenvalue weighted by Gasteiger charge is 2.46. The Bertz CT molecular complexity index is 919. The van der Waals surface area contributed by atoms with E-state index in [-0.39, 0.29) is 25.3 Å². The second-order valence-electron chi connectivity index (χ2n) is 8.87. The third-order valence-electron chi connectivity index (χ3n) is 6.54. The lowest BCUT2D eigenvalue weighted by Gasteiger charge is -2.42. The molecule has 2 fully saturated rings. The van der Waals surface area contributed by atoms with E-state index in [1.807, 2.05) is 12.1 Å². The Morgan fingerprint density at radius 1 is 1.12 bits per heavy atom. The minimum atomic E-state index is -2.76. The average molecular weight is 445 g/mol. The van der Waals surface area contributed by atoms with Crippen LogP contribution in [0.15, 0.2) is 48.5 Å². The molecule has 2 heterocycles. The summed E-state index contributed by atoms with van der Waals surface area (Å²) in [6, 6.07) is 13.5. The smallest absolute Gasteiger partial charge is 0.256 e. The van der Waals surface area contributed by atoms with E-state index in [2.05, 4.69) is 9.88 Å². The number of benzene rings is 1. The zero-order valence-corrected chi connectivity index (χ0v) is 18.0. The fourth-order valence-electron chi connectivity index (χ4n) is 4.91. The van der Waals surface area contributed by atoms with Crippen molar-refractivity contribution in [3.05, 3.63) is 59.8 Å². The van der Waals surface area contributed by atoms with E-state index in [4.69, 9.17) is 5.73 Å². The molecule has 0 radical (unpaired) electrons. The Labute approximate surface area is 187 Å². The molecule has 8 heteroatoms. The van der Waals surface area contributed by atoms with Crippen LogP contribution in [-0.2, 0) is 11.3 Å². The minimum absolute atomic E-state index is 0.176. The number of rotatable bonds is 6. The number of aromatic nitrogens is 1. The third-order valence-corrected chi connectivity index (χ3v) is 6.54. The van der Waals surface area contributed by atoms with Gasteiger partial charge < -0.3 is 15.7 Å². The summed E-state index contributed by atoms with van der Waals surface area (Å²) in [6.07, 6.45) is -0.320. The number of likely N-dealkylation sites (tertiary alicyclic amines) is 1. The molecule has 2 atom stereocenters. The number of pyridine rings is 1. The summed E-state index contributed by atoms with van der Waals surface area (Å²) in [4.78, 5) is 21.5. The van der Waals surface area contributed by atoms with Crippen molar-refractivity contribution < 1.29 is 18.7 Å². The number of aliphatic hydroxyl groups excluding tert-OH is 1. The molecule has 1 aromatic heterocycles. The van der Waals surface area contributed by atoms with Gasteiger partial charge in [-0.1, -0.05) is 36.4 Å². The van der Waals surface area contributed by atoms with Gasteiger partial charge >= 0.3 is 0 Å². The molecule has 1 aromatic carbocycles. The van der Waals surface area contributed by atoms with E-state index < -0.39 is 24.0 Å². The molecule has 1 amide bonds. The number of piperidine rings is 1. The molecule has 6 nitrogen and oxygen atoms in total. The first-order chi connectivity index (χ1) is 15.3. The Balaban J connectivity index is 1.46. The first-order valence-electron chi connectivity index (χ1n) is 11.2. The van der Waals surface area contributed by atoms with Crippen LogP contribution in [0.25, 0.3) is 0 Å². The van der Waals surface area contributed by atoms with E-state index in [1.54, 1.807) is 41.3 Å². The SMILES string of the molecule is Nc1cccc(CN2CCC(N(C(=O)[C@H](O)c3ccccc3)[C@@H]3CCC(F)(F)C3)CC2)n1. The third kappa shape index (κ3) is 5.24. The minimum Gasteiger partial charge on any atom is -0.384 e. The van der Waals surface area contributed by atoms with E-state index in [1.165, 1.54) is 0 Å². The van der Waals surface area contributed by atoms with E-state index in [0.29, 0.717) is 30.8 Å². The number of nitrogen functional groups attached to an aromatic ring is 1. The lowest BCUT2D eigenvalue weighted by molar-refractivity contribution is -0.147. The number of nitrogens with zero attached hydrogens (tertiary/aromatic N) is 3. The molecule has 1 aliphatic heterocycles. The van der Waals surface area contributed by atoms with Gasteiger partial charge in [0.1, 0.15) is 5.82 Å². The number of hydrogen-bond donors (Lipinski definition) is 2. The van der Waals surface area contributed by atoms with E-state index >= 15 is 0 Å². The summed E-state index contributed by atoms with van der Waals surface area (Å²) in [5.74, 6) is -2.76. The van der Waals surface area contributed by atoms with Crippen molar-refractivity contribution in [3.8, 4) is 0 Å². The molecule has 1 saturated heterocycles. The van der Waals surface area contributed by atoms with E-state index in [9.17, 15) is 18.7 Å². The van der Waals surface area contributed by atoms with Crippen LogP contribution < -0.4 is 5.73 Å². The molecule has 172 valence electrons. The maximum Gasteiger partial charge on any atom is 0.256 e. The van der Waals surface area contributed by atoms with Crippen LogP contribution in [0.4, 0.5) is 14.6 Å². The molecule has 32 heavy (non-hydrogen) atoms. The van der Waals surface area contributed by atoms with Gasteiger partial charge in [0.05, 0.1) is 5.69 Å². The van der Waals surface area contributed by atoms with Crippen molar-refractivity contribution in [2.45, 2.75) is 62.8 Å². The van der Waals surface area contributed by atoms with Crippen molar-refractivity contribution in [3.63, 3.8) is 0 Å². The van der Waals surface area contributed by atoms with Crippen molar-refractivity contribution in [2.75, 3.05) is 18.8 Å². The van der Waals surface area contributed by atoms with Crippen LogP contribution >= 0.6 is 0 Å². The summed E-state index contributed by atoms with van der Waals surface area (Å²) in [6.45, 7) is 2.09. The quantitative estimate of drug-likeness (QED) is 0.714. The van der Waals surface area contributed by atoms with E-state index in [0.717, 1.165) is 18.8 Å². The van der Waals surface area contributed by atoms with Crippen LogP contribution in [-0.4, -0.2) is 56.9 Å². The fraction of sp³-hybridized carbons (Fsp3) is 0.500. The van der Waals surface area contributed by atoms with Gasteiger partial charge in [0, 0.05) is 44.6 Å². The van der Waals surface area contributed by atoms with Crippen LogP contribution in [0.5, 0.6) is 0 Å². The Kier molecular flexibility index (Phi) is 6.71. The number of hydrogen-bond acceptors (Lipinski definition) is 5. The monoisotopic (exact) mass is 444 g/mol. The second kappa shape index (κ2) is 9.50. The summed E-state index contributed by atoms with van der Waals surface area (Å²) < 4.78 is 28.0. The van der Waals surface area contributed by atoms with Gasteiger partial charge in [-0.15, -0.1) is 0 Å². The summed E-state index contributed by atoms with van der Waals surface area (Å²) >= 11 is 0. The van der Waals surface area contributed by atoms with Crippen LogP contribution in [0, 0.1) is 0 Å². The number of anilines is 1. The fourth-order valence-corrected chi connectivity index (χ4v) is 4.91. The second-order valence-corrected chi connectivity index (χ2v) is 8.87. The van der Waals surface area contributed by atoms with Gasteiger partial charge in [-0.25, -0.2) is 13.8 Å². The Morgan fingerprint density at radius 3 is 2.47 bits per heavy atom. The van der Waals surface area contributed by atoms with Crippen LogP contribution in [0.3, 0.4) is 0 Å². The lowest BCUT2D eigenvalue weighted by Crippen LogP contribution is -2.52. The summed E-state index contributed by atoms with van der Waals surface area (Å²) in [5, 5.41) is 10.7. The number of alkyl halides is 2. The average Bonchev–Trinajstić information content (AvgIpc) is 3.14. The molecule has 1 aliphatic carbocycles. The molecule has 2 aromatic rings. The molecule has 2 aliphatic rings. The first-order valence-corrected chi connectivity index (χ1v) is 11.2. The number of amides is 1. The predicted octanol–water partition coefficient (Wildman–Crippen LogP) is 3.38. The van der Waals surface area contributed by atoms with Gasteiger partial charge in [-0.3, -0.25) is 9.69 Å². The Hall–Kier alpha value is -2.58. The number of carbonyl (C=O) groups is 1. The molecular weight excluding hydrogens is 414 g/mol. The topological polar surface area (TPSA) is 82.7 Å². The predicted molar refractivity (Wildman–Crippen MR) is 118 cm³/mol. The number of nitrogens with two attached hydrogens (primary N) is 1. The highest BCUT2D eigenvalue weighted by atomic mass is 19.3. The van der Waals surface area contributed by atoms with Gasteiger partial charge in [0.15, 0.2) is 6.10 Å². The number of carbonyl (C=O) groups excluding carboxylic acids is 1. The van der Waals surface area contributed by atoms with Crippen molar-refractivity contribution in [1.82, 2.24) is 14.8 Å². The molecule has 4 rings (SSSR count). The zero-order valence-electron chi connectivity index (χ0n) is 18.0. The van der Waals surface area contributed by atoms with Crippen LogP contribution in [0.1, 0.15) is 49.5 Å². The first kappa shape index (κ1) is 22.6. The lowest BCUT2D eigenvalue weighted by atomic mass is 9.97. The zero-order chi connectivity index (χ0) is 22.7. The standard InChI is InChI=1S/C24H30F2N4O2/c25-24(26)12-9-20(15-24)30(23(32)22(31)17-5-2-1-3-6-17)19-10-13-29(14-11-19)16-18-7-4-8-21(27)28-18/h1-8,19-20,22,31H,9-16H2,(H2,27,28)/t20-,22-/m1/s1. The van der Waals surface area contributed by atoms with Crippen molar-refractivity contribution in [1.29, 1.82) is 0 Å². The largest absolute Gasteiger partial charge is 0.384 e. The molecule has 0 unspecified atom stereocenters. The molecule has 1 saturated carbocycles. The maximum atomic E-state index is 14.0. The molecular formula is C24H30F2N4O2. The highest BCUT2D eigenvalue weighted by Crippen LogP contribution is 2.40. The molecule has 0 spiro atoms. The molecule has 0 bridgehead atoms. The molecule has 3 N–H and O–H groups in total. The van der Waals surface area contributed by atoms with Crippen molar-refractivity contribution >= 4 is 11.7 Å². The van der Waals surface area contributed by atoms with Crippen molar-refractivity contribution in [2.24, 2.45) is 0 Å². The maximum absolute atomic E-state index is 14.0. The normalized spacial score (nSPS) is 22.5.